The van der Waals surface area contributed by atoms with Gasteiger partial charge in [-0.25, -0.2) is 4.98 Å². The Labute approximate surface area is 210 Å². The highest BCUT2D eigenvalue weighted by atomic mass is 16.2. The van der Waals surface area contributed by atoms with Gasteiger partial charge in [0.25, 0.3) is 0 Å². The van der Waals surface area contributed by atoms with Crippen LogP contribution in [0.4, 0.5) is 11.6 Å². The smallest absolute Gasteiger partial charge is 0.225 e. The van der Waals surface area contributed by atoms with E-state index in [9.17, 15) is 4.79 Å². The summed E-state index contributed by atoms with van der Waals surface area (Å²) in [5.41, 5.74) is 2.90. The number of hydrogen-bond donors (Lipinski definition) is 0. The number of hydrogen-bond acceptors (Lipinski definition) is 7. The number of aryl methyl sites for hydroxylation is 1. The SMILES string of the molecule is Cc1cccc(-c2nnc3ccc(N4CCC(C(=O)N5CCN(c6ccccn6)CC5)CC4)nn23)c1. The molecule has 1 amide bonds. The largest absolute Gasteiger partial charge is 0.355 e. The fourth-order valence-corrected chi connectivity index (χ4v) is 5.22. The molecule has 0 bridgehead atoms. The maximum Gasteiger partial charge on any atom is 0.225 e. The summed E-state index contributed by atoms with van der Waals surface area (Å²) in [6, 6.07) is 18.2. The first kappa shape index (κ1) is 22.5. The quantitative estimate of drug-likeness (QED) is 0.442. The lowest BCUT2D eigenvalue weighted by Gasteiger charge is -2.39. The van der Waals surface area contributed by atoms with Gasteiger partial charge in [0, 0.05) is 56.9 Å². The van der Waals surface area contributed by atoms with E-state index >= 15 is 0 Å². The van der Waals surface area contributed by atoms with E-state index in [0.717, 1.165) is 80.8 Å². The molecule has 5 heterocycles. The molecule has 0 unspecified atom stereocenters. The number of aromatic nitrogens is 5. The van der Waals surface area contributed by atoms with Crippen molar-refractivity contribution in [2.45, 2.75) is 19.8 Å². The van der Waals surface area contributed by atoms with Gasteiger partial charge < -0.3 is 14.7 Å². The van der Waals surface area contributed by atoms with Gasteiger partial charge >= 0.3 is 0 Å². The van der Waals surface area contributed by atoms with Crippen LogP contribution in [0.2, 0.25) is 0 Å². The lowest BCUT2D eigenvalue weighted by atomic mass is 9.95. The number of rotatable bonds is 4. The van der Waals surface area contributed by atoms with Gasteiger partial charge in [-0.05, 0) is 50.1 Å². The molecule has 2 aliphatic rings. The highest BCUT2D eigenvalue weighted by Gasteiger charge is 2.31. The summed E-state index contributed by atoms with van der Waals surface area (Å²) in [5.74, 6) is 2.99. The van der Waals surface area contributed by atoms with E-state index < -0.39 is 0 Å². The van der Waals surface area contributed by atoms with Crippen LogP contribution in [0.25, 0.3) is 17.0 Å². The maximum atomic E-state index is 13.2. The van der Waals surface area contributed by atoms with Gasteiger partial charge in [0.2, 0.25) is 5.91 Å². The van der Waals surface area contributed by atoms with Gasteiger partial charge in [0.05, 0.1) is 0 Å². The fourth-order valence-electron chi connectivity index (χ4n) is 5.22. The number of piperidine rings is 1. The van der Waals surface area contributed by atoms with Crippen molar-refractivity contribution in [1.29, 1.82) is 0 Å². The second-order valence-corrected chi connectivity index (χ2v) is 9.62. The zero-order valence-electron chi connectivity index (χ0n) is 20.5. The summed E-state index contributed by atoms with van der Waals surface area (Å²) in [7, 11) is 0. The molecule has 184 valence electrons. The average molecular weight is 483 g/mol. The number of benzene rings is 1. The number of carbonyl (C=O) groups excluding carboxylic acids is 1. The van der Waals surface area contributed by atoms with Crippen LogP contribution in [-0.2, 0) is 4.79 Å². The van der Waals surface area contributed by atoms with Crippen molar-refractivity contribution in [1.82, 2.24) is 29.7 Å². The minimum absolute atomic E-state index is 0.0733. The van der Waals surface area contributed by atoms with Gasteiger partial charge in [0.15, 0.2) is 11.5 Å². The zero-order chi connectivity index (χ0) is 24.5. The van der Waals surface area contributed by atoms with E-state index in [1.165, 1.54) is 5.56 Å². The number of carbonyl (C=O) groups is 1. The van der Waals surface area contributed by atoms with Crippen molar-refractivity contribution in [2.75, 3.05) is 49.1 Å². The molecule has 9 heteroatoms. The molecular weight excluding hydrogens is 452 g/mol. The van der Waals surface area contributed by atoms with E-state index in [-0.39, 0.29) is 5.92 Å². The Kier molecular flexibility index (Phi) is 5.96. The maximum absolute atomic E-state index is 13.2. The Balaban J connectivity index is 1.09. The Hall–Kier alpha value is -4.01. The standard InChI is InChI=1S/C27H30N8O/c1-20-5-4-6-22(19-20)26-30-29-24-8-9-25(31-35(24)26)32-13-10-21(11-14-32)27(36)34-17-15-33(16-18-34)23-7-2-3-12-28-23/h2-9,12,19,21H,10-11,13-18H2,1H3. The summed E-state index contributed by atoms with van der Waals surface area (Å²) in [6.07, 6.45) is 3.50. The Bertz CT molecular complexity index is 1350. The minimum atomic E-state index is 0.0733. The average Bonchev–Trinajstić information content (AvgIpc) is 3.37. The predicted molar refractivity (Wildman–Crippen MR) is 139 cm³/mol. The summed E-state index contributed by atoms with van der Waals surface area (Å²) in [5, 5.41) is 13.5. The molecule has 2 saturated heterocycles. The minimum Gasteiger partial charge on any atom is -0.355 e. The molecule has 0 atom stereocenters. The summed E-state index contributed by atoms with van der Waals surface area (Å²) in [6.45, 7) is 6.85. The molecule has 4 aromatic rings. The number of amides is 1. The van der Waals surface area contributed by atoms with Gasteiger partial charge in [-0.2, -0.15) is 4.52 Å². The van der Waals surface area contributed by atoms with Gasteiger partial charge in [-0.1, -0.05) is 29.8 Å². The first-order valence-corrected chi connectivity index (χ1v) is 12.6. The van der Waals surface area contributed by atoms with Crippen LogP contribution >= 0.6 is 0 Å². The third-order valence-electron chi connectivity index (χ3n) is 7.26. The van der Waals surface area contributed by atoms with Crippen LogP contribution in [0.5, 0.6) is 0 Å². The van der Waals surface area contributed by atoms with E-state index in [0.29, 0.717) is 5.91 Å². The number of nitrogens with zero attached hydrogens (tertiary/aromatic N) is 8. The molecule has 2 fully saturated rings. The lowest BCUT2D eigenvalue weighted by molar-refractivity contribution is -0.136. The molecule has 0 spiro atoms. The summed E-state index contributed by atoms with van der Waals surface area (Å²) < 4.78 is 1.82. The molecule has 3 aromatic heterocycles. The Morgan fingerprint density at radius 1 is 0.833 bits per heavy atom. The van der Waals surface area contributed by atoms with Crippen molar-refractivity contribution < 1.29 is 4.79 Å². The zero-order valence-corrected chi connectivity index (χ0v) is 20.5. The van der Waals surface area contributed by atoms with Gasteiger partial charge in [-0.15, -0.1) is 15.3 Å². The molecule has 0 radical (unpaired) electrons. The number of pyridine rings is 1. The van der Waals surface area contributed by atoms with Crippen molar-refractivity contribution in [3.63, 3.8) is 0 Å². The molecule has 1 aromatic carbocycles. The van der Waals surface area contributed by atoms with E-state index in [1.807, 2.05) is 58.1 Å². The third kappa shape index (κ3) is 4.36. The Morgan fingerprint density at radius 3 is 2.39 bits per heavy atom. The van der Waals surface area contributed by atoms with E-state index in [1.54, 1.807) is 0 Å². The molecule has 6 rings (SSSR count). The van der Waals surface area contributed by atoms with Crippen LogP contribution in [-0.4, -0.2) is 74.9 Å². The first-order valence-electron chi connectivity index (χ1n) is 12.6. The summed E-state index contributed by atoms with van der Waals surface area (Å²) >= 11 is 0. The number of piperazine rings is 1. The van der Waals surface area contributed by atoms with Crippen LogP contribution in [0.15, 0.2) is 60.8 Å². The highest BCUT2D eigenvalue weighted by Crippen LogP contribution is 2.26. The van der Waals surface area contributed by atoms with E-state index in [2.05, 4.69) is 44.0 Å². The molecular formula is C27H30N8O. The van der Waals surface area contributed by atoms with Crippen LogP contribution in [0.3, 0.4) is 0 Å². The van der Waals surface area contributed by atoms with Crippen molar-refractivity contribution in [3.05, 3.63) is 66.4 Å². The molecule has 0 saturated carbocycles. The predicted octanol–water partition coefficient (Wildman–Crippen LogP) is 3.06. The second kappa shape index (κ2) is 9.56. The van der Waals surface area contributed by atoms with Gasteiger partial charge in [0.1, 0.15) is 11.6 Å². The fraction of sp³-hybridized carbons (Fsp3) is 0.370. The summed E-state index contributed by atoms with van der Waals surface area (Å²) in [4.78, 5) is 24.2. The first-order chi connectivity index (χ1) is 17.7. The van der Waals surface area contributed by atoms with Crippen molar-refractivity contribution in [2.24, 2.45) is 5.92 Å². The third-order valence-corrected chi connectivity index (χ3v) is 7.26. The molecule has 9 nitrogen and oxygen atoms in total. The molecule has 36 heavy (non-hydrogen) atoms. The Morgan fingerprint density at radius 2 is 1.64 bits per heavy atom. The number of fused-ring (bicyclic) bond motifs is 1. The van der Waals surface area contributed by atoms with Crippen molar-refractivity contribution >= 4 is 23.2 Å². The van der Waals surface area contributed by atoms with Gasteiger partial charge in [-0.3, -0.25) is 4.79 Å². The van der Waals surface area contributed by atoms with E-state index in [4.69, 9.17) is 5.10 Å². The number of anilines is 2. The normalized spacial score (nSPS) is 17.1. The second-order valence-electron chi connectivity index (χ2n) is 9.62. The van der Waals surface area contributed by atoms with Crippen LogP contribution in [0.1, 0.15) is 18.4 Å². The van der Waals surface area contributed by atoms with Crippen molar-refractivity contribution in [3.8, 4) is 11.4 Å². The van der Waals surface area contributed by atoms with Crippen LogP contribution < -0.4 is 9.80 Å². The van der Waals surface area contributed by atoms with Crippen LogP contribution in [0, 0.1) is 12.8 Å². The molecule has 0 N–H and O–H groups in total. The molecule has 0 aliphatic carbocycles. The monoisotopic (exact) mass is 482 g/mol. The highest BCUT2D eigenvalue weighted by molar-refractivity contribution is 5.79. The molecule has 2 aliphatic heterocycles. The lowest BCUT2D eigenvalue weighted by Crippen LogP contribution is -2.52. The topological polar surface area (TPSA) is 82.8 Å².